The molecule has 12 heavy (non-hydrogen) atoms. The van der Waals surface area contributed by atoms with Crippen LogP contribution >= 0.6 is 0 Å². The van der Waals surface area contributed by atoms with Gasteiger partial charge in [-0.05, 0) is 0 Å². The van der Waals surface area contributed by atoms with Crippen molar-refractivity contribution in [1.29, 1.82) is 5.26 Å². The van der Waals surface area contributed by atoms with E-state index >= 15 is 0 Å². The average Bonchev–Trinajstić information content (AvgIpc) is 2.48. The van der Waals surface area contributed by atoms with E-state index in [4.69, 9.17) is 5.26 Å². The summed E-state index contributed by atoms with van der Waals surface area (Å²) >= 11 is 0. The van der Waals surface area contributed by atoms with Crippen molar-refractivity contribution in [2.24, 2.45) is 0 Å². The van der Waals surface area contributed by atoms with Crippen LogP contribution < -0.4 is 0 Å². The van der Waals surface area contributed by atoms with Gasteiger partial charge in [-0.3, -0.25) is 0 Å². The first-order valence-electron chi connectivity index (χ1n) is 4.11. The molecule has 1 aromatic heterocycles. The highest BCUT2D eigenvalue weighted by Crippen LogP contribution is 1.99. The van der Waals surface area contributed by atoms with Gasteiger partial charge in [-0.2, -0.15) is 10.4 Å². The van der Waals surface area contributed by atoms with Crippen LogP contribution in [0, 0.1) is 11.3 Å². The predicted molar refractivity (Wildman–Crippen MR) is 44.4 cm³/mol. The zero-order valence-electron chi connectivity index (χ0n) is 7.41. The molecule has 0 unspecified atom stereocenters. The Bertz CT molecular complexity index is 294. The monoisotopic (exact) mass is 164 g/mol. The third kappa shape index (κ3) is 1.62. The van der Waals surface area contributed by atoms with E-state index in [1.54, 1.807) is 4.68 Å². The number of rotatable bonds is 3. The fraction of sp³-hybridized carbons (Fsp3) is 0.625. The van der Waals surface area contributed by atoms with Crippen molar-refractivity contribution in [2.75, 3.05) is 0 Å². The van der Waals surface area contributed by atoms with Crippen molar-refractivity contribution >= 4 is 0 Å². The molecule has 1 heterocycles. The van der Waals surface area contributed by atoms with Crippen molar-refractivity contribution in [3.05, 3.63) is 11.6 Å². The van der Waals surface area contributed by atoms with Gasteiger partial charge in [0.05, 0.1) is 6.07 Å². The molecule has 0 aromatic carbocycles. The van der Waals surface area contributed by atoms with E-state index < -0.39 is 0 Å². The summed E-state index contributed by atoms with van der Waals surface area (Å²) in [6.07, 6.45) is 1.65. The quantitative estimate of drug-likeness (QED) is 0.667. The van der Waals surface area contributed by atoms with Gasteiger partial charge in [0.15, 0.2) is 5.82 Å². The van der Waals surface area contributed by atoms with Crippen molar-refractivity contribution in [2.45, 2.75) is 33.2 Å². The summed E-state index contributed by atoms with van der Waals surface area (Å²) in [5, 5.41) is 12.7. The molecule has 4 nitrogen and oxygen atoms in total. The van der Waals surface area contributed by atoms with E-state index in [1.807, 2.05) is 13.8 Å². The minimum Gasteiger partial charge on any atom is -0.236 e. The Hall–Kier alpha value is -1.37. The van der Waals surface area contributed by atoms with Crippen molar-refractivity contribution in [3.63, 3.8) is 0 Å². The van der Waals surface area contributed by atoms with Gasteiger partial charge in [0.2, 0.25) is 0 Å². The smallest absolute Gasteiger partial charge is 0.150 e. The van der Waals surface area contributed by atoms with Gasteiger partial charge in [-0.1, -0.05) is 13.8 Å². The molecule has 0 aliphatic carbocycles. The molecule has 0 atom stereocenters. The maximum Gasteiger partial charge on any atom is 0.150 e. The summed E-state index contributed by atoms with van der Waals surface area (Å²) in [5.74, 6) is 1.72. The largest absolute Gasteiger partial charge is 0.236 e. The van der Waals surface area contributed by atoms with E-state index in [2.05, 4.69) is 16.2 Å². The number of aromatic nitrogens is 3. The highest BCUT2D eigenvalue weighted by atomic mass is 15.3. The Kier molecular flexibility index (Phi) is 2.81. The second-order valence-corrected chi connectivity index (χ2v) is 2.47. The highest BCUT2D eigenvalue weighted by molar-refractivity contribution is 4.94. The van der Waals surface area contributed by atoms with Crippen molar-refractivity contribution in [3.8, 4) is 6.07 Å². The van der Waals surface area contributed by atoms with Gasteiger partial charge in [-0.15, -0.1) is 0 Å². The van der Waals surface area contributed by atoms with Crippen LogP contribution in [0.1, 0.15) is 25.5 Å². The van der Waals surface area contributed by atoms with E-state index in [9.17, 15) is 0 Å². The van der Waals surface area contributed by atoms with Crippen LogP contribution in [0.5, 0.6) is 0 Å². The summed E-state index contributed by atoms with van der Waals surface area (Å²) < 4.78 is 1.67. The minimum absolute atomic E-state index is 0.302. The molecule has 0 spiro atoms. The molecule has 1 rings (SSSR count). The third-order valence-electron chi connectivity index (χ3n) is 1.65. The first-order valence-corrected chi connectivity index (χ1v) is 4.11. The molecule has 0 aliphatic heterocycles. The van der Waals surface area contributed by atoms with Gasteiger partial charge < -0.3 is 0 Å². The maximum atomic E-state index is 8.48. The lowest BCUT2D eigenvalue weighted by Gasteiger charge is -1.94. The summed E-state index contributed by atoms with van der Waals surface area (Å²) in [6, 6.07) is 2.06. The molecule has 0 fully saturated rings. The molecule has 64 valence electrons. The van der Waals surface area contributed by atoms with Crippen LogP contribution in [0.4, 0.5) is 0 Å². The summed E-state index contributed by atoms with van der Waals surface area (Å²) in [4.78, 5) is 4.27. The molecular formula is C8H12N4. The van der Waals surface area contributed by atoms with Crippen LogP contribution in [0.3, 0.4) is 0 Å². The van der Waals surface area contributed by atoms with Crippen LogP contribution in [-0.4, -0.2) is 14.8 Å². The Morgan fingerprint density at radius 1 is 1.42 bits per heavy atom. The number of aryl methyl sites for hydroxylation is 2. The SMILES string of the molecule is CCc1nc(CC)n(CC#N)n1. The molecule has 4 heteroatoms. The molecule has 0 N–H and O–H groups in total. The fourth-order valence-electron chi connectivity index (χ4n) is 1.03. The second-order valence-electron chi connectivity index (χ2n) is 2.47. The predicted octanol–water partition coefficient (Wildman–Crippen LogP) is 0.926. The summed E-state index contributed by atoms with van der Waals surface area (Å²) in [7, 11) is 0. The summed E-state index contributed by atoms with van der Waals surface area (Å²) in [5.41, 5.74) is 0. The van der Waals surface area contributed by atoms with Crippen molar-refractivity contribution < 1.29 is 0 Å². The average molecular weight is 164 g/mol. The number of hydrogen-bond donors (Lipinski definition) is 0. The Balaban J connectivity index is 2.93. The van der Waals surface area contributed by atoms with Crippen LogP contribution in [0.2, 0.25) is 0 Å². The zero-order valence-corrected chi connectivity index (χ0v) is 7.41. The minimum atomic E-state index is 0.302. The number of hydrogen-bond acceptors (Lipinski definition) is 3. The normalized spacial score (nSPS) is 9.75. The molecule has 1 aromatic rings. The van der Waals surface area contributed by atoms with E-state index in [0.717, 1.165) is 24.5 Å². The molecule has 0 saturated heterocycles. The highest BCUT2D eigenvalue weighted by Gasteiger charge is 2.05. The lowest BCUT2D eigenvalue weighted by atomic mass is 10.4. The number of nitriles is 1. The standard InChI is InChI=1S/C8H12N4/c1-3-7-10-8(4-2)12(11-7)6-5-9/h3-4,6H2,1-2H3. The third-order valence-corrected chi connectivity index (χ3v) is 1.65. The molecule has 0 amide bonds. The van der Waals surface area contributed by atoms with Crippen LogP contribution in [0.15, 0.2) is 0 Å². The van der Waals surface area contributed by atoms with Gasteiger partial charge in [0.1, 0.15) is 12.4 Å². The van der Waals surface area contributed by atoms with Gasteiger partial charge in [-0.25, -0.2) is 9.67 Å². The Morgan fingerprint density at radius 2 is 2.17 bits per heavy atom. The first kappa shape index (κ1) is 8.72. The lowest BCUT2D eigenvalue weighted by molar-refractivity contribution is 0.655. The second kappa shape index (κ2) is 3.86. The molecule has 0 aliphatic rings. The van der Waals surface area contributed by atoms with E-state index in [-0.39, 0.29) is 0 Å². The van der Waals surface area contributed by atoms with E-state index in [0.29, 0.717) is 6.54 Å². The Morgan fingerprint density at radius 3 is 2.67 bits per heavy atom. The van der Waals surface area contributed by atoms with Gasteiger partial charge >= 0.3 is 0 Å². The summed E-state index contributed by atoms with van der Waals surface area (Å²) in [6.45, 7) is 4.32. The van der Waals surface area contributed by atoms with Crippen LogP contribution in [0.25, 0.3) is 0 Å². The molecule has 0 radical (unpaired) electrons. The lowest BCUT2D eigenvalue weighted by Crippen LogP contribution is -2.03. The van der Waals surface area contributed by atoms with Crippen LogP contribution in [-0.2, 0) is 19.4 Å². The van der Waals surface area contributed by atoms with Gasteiger partial charge in [0.25, 0.3) is 0 Å². The Labute approximate surface area is 71.8 Å². The maximum absolute atomic E-state index is 8.48. The van der Waals surface area contributed by atoms with Gasteiger partial charge in [0, 0.05) is 12.8 Å². The fourth-order valence-corrected chi connectivity index (χ4v) is 1.03. The molecular weight excluding hydrogens is 152 g/mol. The molecule has 0 bridgehead atoms. The van der Waals surface area contributed by atoms with E-state index in [1.165, 1.54) is 0 Å². The topological polar surface area (TPSA) is 54.5 Å². The zero-order chi connectivity index (χ0) is 8.97. The number of nitrogens with zero attached hydrogens (tertiary/aromatic N) is 4. The van der Waals surface area contributed by atoms with Crippen molar-refractivity contribution in [1.82, 2.24) is 14.8 Å². The first-order chi connectivity index (χ1) is 5.81. The molecule has 0 saturated carbocycles.